The van der Waals surface area contributed by atoms with Crippen molar-refractivity contribution in [3.63, 3.8) is 0 Å². The highest BCUT2D eigenvalue weighted by molar-refractivity contribution is 5.44. The summed E-state index contributed by atoms with van der Waals surface area (Å²) < 4.78 is 0. The maximum absolute atomic E-state index is 9.58. The van der Waals surface area contributed by atoms with Crippen molar-refractivity contribution in [2.24, 2.45) is 5.92 Å². The van der Waals surface area contributed by atoms with Crippen LogP contribution >= 0.6 is 0 Å². The Morgan fingerprint density at radius 3 is 3.00 bits per heavy atom. The third-order valence-electron chi connectivity index (χ3n) is 3.96. The van der Waals surface area contributed by atoms with E-state index < -0.39 is 6.10 Å². The van der Waals surface area contributed by atoms with Gasteiger partial charge in [0.15, 0.2) is 0 Å². The molecule has 1 aliphatic heterocycles. The first-order valence-electron chi connectivity index (χ1n) is 6.14. The molecule has 3 rings (SSSR count). The topological polar surface area (TPSA) is 36.4 Å². The van der Waals surface area contributed by atoms with Crippen molar-refractivity contribution in [3.8, 4) is 0 Å². The van der Waals surface area contributed by atoms with Crippen molar-refractivity contribution < 1.29 is 5.11 Å². The molecule has 16 heavy (non-hydrogen) atoms. The van der Waals surface area contributed by atoms with E-state index in [4.69, 9.17) is 0 Å². The van der Waals surface area contributed by atoms with Gasteiger partial charge in [0.2, 0.25) is 0 Å². The molecule has 0 amide bonds. The van der Waals surface area contributed by atoms with Crippen LogP contribution in [0.1, 0.15) is 37.9 Å². The molecular weight excluding hydrogens is 200 g/mol. The van der Waals surface area contributed by atoms with Gasteiger partial charge in [0.05, 0.1) is 6.10 Å². The Morgan fingerprint density at radius 2 is 2.38 bits per heavy atom. The van der Waals surface area contributed by atoms with Gasteiger partial charge in [0, 0.05) is 18.8 Å². The minimum absolute atomic E-state index is 0.401. The first kappa shape index (κ1) is 10.1. The Morgan fingerprint density at radius 1 is 1.50 bits per heavy atom. The number of rotatable bonds is 2. The van der Waals surface area contributed by atoms with Gasteiger partial charge in [0.25, 0.3) is 0 Å². The fraction of sp³-hybridized carbons (Fsp3) is 0.615. The lowest BCUT2D eigenvalue weighted by Crippen LogP contribution is -2.32. The zero-order chi connectivity index (χ0) is 11.1. The van der Waals surface area contributed by atoms with E-state index in [9.17, 15) is 5.11 Å². The molecule has 86 valence electrons. The van der Waals surface area contributed by atoms with Crippen LogP contribution in [-0.4, -0.2) is 22.7 Å². The minimum atomic E-state index is -0.401. The van der Waals surface area contributed by atoms with E-state index in [-0.39, 0.29) is 0 Å². The Kier molecular flexibility index (Phi) is 2.36. The smallest absolute Gasteiger partial charge is 0.129 e. The molecule has 2 aliphatic rings. The molecule has 0 aromatic carbocycles. The van der Waals surface area contributed by atoms with E-state index in [0.29, 0.717) is 6.04 Å². The average molecular weight is 218 g/mol. The molecule has 2 bridgehead atoms. The number of aromatic nitrogens is 1. The van der Waals surface area contributed by atoms with Crippen molar-refractivity contribution in [2.75, 3.05) is 11.4 Å². The molecule has 1 saturated heterocycles. The van der Waals surface area contributed by atoms with Crippen LogP contribution in [0.4, 0.5) is 5.82 Å². The van der Waals surface area contributed by atoms with Crippen LogP contribution in [0.3, 0.4) is 0 Å². The maximum Gasteiger partial charge on any atom is 0.129 e. The van der Waals surface area contributed by atoms with Gasteiger partial charge in [-0.05, 0) is 49.8 Å². The molecule has 2 fully saturated rings. The number of nitrogens with zero attached hydrogens (tertiary/aromatic N) is 2. The highest BCUT2D eigenvalue weighted by Crippen LogP contribution is 2.39. The van der Waals surface area contributed by atoms with Gasteiger partial charge in [-0.3, -0.25) is 0 Å². The lowest BCUT2D eigenvalue weighted by molar-refractivity contribution is 0.199. The highest BCUT2D eigenvalue weighted by atomic mass is 16.3. The van der Waals surface area contributed by atoms with Gasteiger partial charge in [-0.15, -0.1) is 0 Å². The Labute approximate surface area is 96.1 Å². The summed E-state index contributed by atoms with van der Waals surface area (Å²) in [6.07, 6.45) is 5.44. The zero-order valence-electron chi connectivity index (χ0n) is 9.63. The van der Waals surface area contributed by atoms with Gasteiger partial charge >= 0.3 is 0 Å². The number of hydrogen-bond acceptors (Lipinski definition) is 3. The lowest BCUT2D eigenvalue weighted by atomic mass is 10.1. The monoisotopic (exact) mass is 218 g/mol. The van der Waals surface area contributed by atoms with Crippen molar-refractivity contribution in [2.45, 2.75) is 38.3 Å². The Bertz CT molecular complexity index is 391. The Balaban J connectivity index is 1.86. The fourth-order valence-electron chi connectivity index (χ4n) is 3.06. The number of anilines is 1. The molecular formula is C13H18N2O. The zero-order valence-corrected chi connectivity index (χ0v) is 9.63. The van der Waals surface area contributed by atoms with E-state index in [1.807, 2.05) is 18.3 Å². The van der Waals surface area contributed by atoms with Gasteiger partial charge in [-0.25, -0.2) is 4.98 Å². The van der Waals surface area contributed by atoms with Gasteiger partial charge < -0.3 is 10.0 Å². The van der Waals surface area contributed by atoms with E-state index in [1.54, 1.807) is 6.92 Å². The third-order valence-corrected chi connectivity index (χ3v) is 3.96. The first-order chi connectivity index (χ1) is 7.74. The highest BCUT2D eigenvalue weighted by Gasteiger charge is 2.38. The van der Waals surface area contributed by atoms with Crippen LogP contribution in [-0.2, 0) is 0 Å². The molecule has 0 spiro atoms. The van der Waals surface area contributed by atoms with Crippen LogP contribution in [0.25, 0.3) is 0 Å². The molecule has 1 aromatic rings. The van der Waals surface area contributed by atoms with Gasteiger partial charge in [-0.2, -0.15) is 0 Å². The number of fused-ring (bicyclic) bond motifs is 2. The van der Waals surface area contributed by atoms with Crippen LogP contribution in [0.2, 0.25) is 0 Å². The molecule has 3 unspecified atom stereocenters. The molecule has 3 heteroatoms. The number of aliphatic hydroxyl groups is 1. The summed E-state index contributed by atoms with van der Waals surface area (Å²) in [5.74, 6) is 1.92. The molecule has 3 nitrogen and oxygen atoms in total. The summed E-state index contributed by atoms with van der Waals surface area (Å²) in [5, 5.41) is 9.58. The lowest BCUT2D eigenvalue weighted by Gasteiger charge is -2.28. The average Bonchev–Trinajstić information content (AvgIpc) is 2.91. The van der Waals surface area contributed by atoms with Crippen LogP contribution in [0.15, 0.2) is 18.3 Å². The van der Waals surface area contributed by atoms with Gasteiger partial charge in [0.1, 0.15) is 5.82 Å². The summed E-state index contributed by atoms with van der Waals surface area (Å²) in [6.45, 7) is 2.95. The standard InChI is InChI=1S/C13H18N2O/c1-9(16)11-4-5-14-13(7-11)15-8-10-2-3-12(15)6-10/h4-5,7,9-10,12,16H,2-3,6,8H2,1H3. The number of hydrogen-bond donors (Lipinski definition) is 1. The van der Waals surface area contributed by atoms with E-state index in [2.05, 4.69) is 9.88 Å². The van der Waals surface area contributed by atoms with Crippen LogP contribution in [0, 0.1) is 5.92 Å². The molecule has 1 aliphatic carbocycles. The predicted molar refractivity (Wildman–Crippen MR) is 63.3 cm³/mol. The van der Waals surface area contributed by atoms with Crippen molar-refractivity contribution in [1.29, 1.82) is 0 Å². The quantitative estimate of drug-likeness (QED) is 0.826. The van der Waals surface area contributed by atoms with Crippen molar-refractivity contribution >= 4 is 5.82 Å². The third kappa shape index (κ3) is 1.59. The number of aliphatic hydroxyl groups excluding tert-OH is 1. The number of piperidine rings is 1. The van der Waals surface area contributed by atoms with E-state index in [1.165, 1.54) is 19.3 Å². The molecule has 1 aromatic heterocycles. The minimum Gasteiger partial charge on any atom is -0.389 e. The first-order valence-corrected chi connectivity index (χ1v) is 6.14. The molecule has 0 radical (unpaired) electrons. The second-order valence-corrected chi connectivity index (χ2v) is 5.11. The summed E-state index contributed by atoms with van der Waals surface area (Å²) in [5.41, 5.74) is 0.966. The van der Waals surface area contributed by atoms with Crippen molar-refractivity contribution in [3.05, 3.63) is 23.9 Å². The van der Waals surface area contributed by atoms with Gasteiger partial charge in [-0.1, -0.05) is 0 Å². The SMILES string of the molecule is CC(O)c1ccnc(N2CC3CCC2C3)c1. The Hall–Kier alpha value is -1.09. The molecule has 3 atom stereocenters. The molecule has 2 heterocycles. The van der Waals surface area contributed by atoms with Crippen LogP contribution < -0.4 is 4.90 Å². The summed E-state index contributed by atoms with van der Waals surface area (Å²) >= 11 is 0. The molecule has 1 saturated carbocycles. The molecule has 1 N–H and O–H groups in total. The second kappa shape index (κ2) is 3.74. The summed E-state index contributed by atoms with van der Waals surface area (Å²) in [7, 11) is 0. The van der Waals surface area contributed by atoms with Crippen molar-refractivity contribution in [1.82, 2.24) is 4.98 Å². The van der Waals surface area contributed by atoms with E-state index >= 15 is 0 Å². The summed E-state index contributed by atoms with van der Waals surface area (Å²) in [6, 6.07) is 4.62. The fourth-order valence-corrected chi connectivity index (χ4v) is 3.06. The normalized spacial score (nSPS) is 29.8. The number of pyridine rings is 1. The van der Waals surface area contributed by atoms with E-state index in [0.717, 1.165) is 23.8 Å². The van der Waals surface area contributed by atoms with Crippen LogP contribution in [0.5, 0.6) is 0 Å². The summed E-state index contributed by atoms with van der Waals surface area (Å²) in [4.78, 5) is 6.85. The second-order valence-electron chi connectivity index (χ2n) is 5.11. The largest absolute Gasteiger partial charge is 0.389 e. The maximum atomic E-state index is 9.58. The predicted octanol–water partition coefficient (Wildman–Crippen LogP) is 2.12.